The van der Waals surface area contributed by atoms with Crippen LogP contribution in [0.5, 0.6) is 0 Å². The maximum atomic E-state index is 12.0. The molecule has 1 rings (SSSR count). The summed E-state index contributed by atoms with van der Waals surface area (Å²) < 4.78 is 0. The lowest BCUT2D eigenvalue weighted by Crippen LogP contribution is -2.57. The van der Waals surface area contributed by atoms with Gasteiger partial charge in [0.15, 0.2) is 0 Å². The van der Waals surface area contributed by atoms with Crippen molar-refractivity contribution in [2.45, 2.75) is 66.0 Å². The van der Waals surface area contributed by atoms with Gasteiger partial charge < -0.3 is 15.7 Å². The molecule has 0 atom stereocenters. The van der Waals surface area contributed by atoms with E-state index >= 15 is 0 Å². The predicted molar refractivity (Wildman–Crippen MR) is 74.0 cm³/mol. The van der Waals surface area contributed by atoms with Crippen LogP contribution in [0, 0.1) is 10.8 Å². The summed E-state index contributed by atoms with van der Waals surface area (Å²) in [5.41, 5.74) is -1.10. The topological polar surface area (TPSA) is 78.4 Å². The second-order valence-electron chi connectivity index (χ2n) is 6.57. The Labute approximate surface area is 115 Å². The van der Waals surface area contributed by atoms with Crippen LogP contribution in [0.1, 0.15) is 54.4 Å². The van der Waals surface area contributed by atoms with Crippen LogP contribution >= 0.6 is 0 Å². The molecular formula is C14H26N2O3. The summed E-state index contributed by atoms with van der Waals surface area (Å²) >= 11 is 0. The Kier molecular flexibility index (Phi) is 3.90. The Morgan fingerprint density at radius 2 is 1.53 bits per heavy atom. The summed E-state index contributed by atoms with van der Waals surface area (Å²) in [6, 6.07) is -0.324. The number of carboxylic acid groups (broad SMARTS) is 1. The van der Waals surface area contributed by atoms with Gasteiger partial charge in [0.05, 0.1) is 0 Å². The highest BCUT2D eigenvalue weighted by Crippen LogP contribution is 2.62. The van der Waals surface area contributed by atoms with Gasteiger partial charge >= 0.3 is 12.0 Å². The lowest BCUT2D eigenvalue weighted by molar-refractivity contribution is -0.144. The van der Waals surface area contributed by atoms with Gasteiger partial charge in [-0.25, -0.2) is 9.59 Å². The Morgan fingerprint density at radius 1 is 1.11 bits per heavy atom. The van der Waals surface area contributed by atoms with E-state index in [0.717, 1.165) is 0 Å². The lowest BCUT2D eigenvalue weighted by atomic mass is 9.93. The molecule has 1 fully saturated rings. The molecule has 3 N–H and O–H groups in total. The van der Waals surface area contributed by atoms with Crippen molar-refractivity contribution in [3.63, 3.8) is 0 Å². The molecule has 1 saturated carbocycles. The van der Waals surface area contributed by atoms with E-state index in [0.29, 0.717) is 12.8 Å². The van der Waals surface area contributed by atoms with Crippen LogP contribution in [0.25, 0.3) is 0 Å². The monoisotopic (exact) mass is 270 g/mol. The first-order valence-electron chi connectivity index (χ1n) is 6.87. The van der Waals surface area contributed by atoms with Gasteiger partial charge in [-0.1, -0.05) is 41.5 Å². The number of rotatable bonds is 5. The van der Waals surface area contributed by atoms with Crippen molar-refractivity contribution in [2.75, 3.05) is 0 Å². The molecule has 0 aromatic carbocycles. The van der Waals surface area contributed by atoms with Crippen LogP contribution < -0.4 is 10.6 Å². The van der Waals surface area contributed by atoms with Gasteiger partial charge in [-0.05, 0) is 23.7 Å². The van der Waals surface area contributed by atoms with Crippen molar-refractivity contribution in [1.82, 2.24) is 10.6 Å². The molecule has 0 aromatic rings. The highest BCUT2D eigenvalue weighted by atomic mass is 16.4. The van der Waals surface area contributed by atoms with Crippen LogP contribution in [0.3, 0.4) is 0 Å². The van der Waals surface area contributed by atoms with E-state index in [2.05, 4.69) is 38.3 Å². The molecule has 0 heterocycles. The predicted octanol–water partition coefficient (Wildman–Crippen LogP) is 2.36. The Morgan fingerprint density at radius 3 is 1.79 bits per heavy atom. The molecule has 0 radical (unpaired) electrons. The third-order valence-corrected chi connectivity index (χ3v) is 5.27. The highest BCUT2D eigenvalue weighted by molar-refractivity contribution is 5.86. The van der Waals surface area contributed by atoms with E-state index in [9.17, 15) is 14.7 Å². The van der Waals surface area contributed by atoms with E-state index in [1.54, 1.807) is 13.8 Å². The quantitative estimate of drug-likeness (QED) is 0.717. The van der Waals surface area contributed by atoms with Gasteiger partial charge in [0.25, 0.3) is 0 Å². The molecule has 1 aliphatic rings. The number of aliphatic carboxylic acids is 1. The number of hydrogen-bond donors (Lipinski definition) is 3. The second-order valence-corrected chi connectivity index (χ2v) is 6.57. The minimum atomic E-state index is -1.17. The molecule has 110 valence electrons. The summed E-state index contributed by atoms with van der Waals surface area (Å²) in [4.78, 5) is 23.4. The maximum Gasteiger partial charge on any atom is 0.329 e. The van der Waals surface area contributed by atoms with Crippen molar-refractivity contribution in [1.29, 1.82) is 0 Å². The fourth-order valence-electron chi connectivity index (χ4n) is 2.72. The van der Waals surface area contributed by atoms with Gasteiger partial charge in [-0.15, -0.1) is 0 Å². The van der Waals surface area contributed by atoms with Crippen LogP contribution in [-0.2, 0) is 4.79 Å². The zero-order valence-electron chi connectivity index (χ0n) is 12.8. The van der Waals surface area contributed by atoms with Crippen LogP contribution in [0.4, 0.5) is 4.79 Å². The third kappa shape index (κ3) is 2.42. The van der Waals surface area contributed by atoms with Gasteiger partial charge in [-0.3, -0.25) is 0 Å². The molecule has 19 heavy (non-hydrogen) atoms. The molecule has 0 spiro atoms. The standard InChI is InChI=1S/C14H26N2O3/c1-7-14(8-2,10(17)18)16-11(19)15-9-12(3,4)13(9,5)6/h9H,7-8H2,1-6H3,(H,17,18)(H2,15,16,19). The van der Waals surface area contributed by atoms with Crippen LogP contribution in [-0.4, -0.2) is 28.7 Å². The second kappa shape index (κ2) is 4.69. The summed E-state index contributed by atoms with van der Waals surface area (Å²) in [5, 5.41) is 14.8. The van der Waals surface area contributed by atoms with E-state index in [4.69, 9.17) is 0 Å². The maximum absolute atomic E-state index is 12.0. The van der Waals surface area contributed by atoms with Crippen molar-refractivity contribution < 1.29 is 14.7 Å². The molecule has 0 saturated heterocycles. The number of amides is 2. The first-order chi connectivity index (χ1) is 8.55. The molecule has 0 bridgehead atoms. The van der Waals surface area contributed by atoms with Crippen molar-refractivity contribution >= 4 is 12.0 Å². The van der Waals surface area contributed by atoms with E-state index in [1.165, 1.54) is 0 Å². The zero-order valence-corrected chi connectivity index (χ0v) is 12.8. The molecule has 1 aliphatic carbocycles. The van der Waals surface area contributed by atoms with Crippen LogP contribution in [0.15, 0.2) is 0 Å². The first kappa shape index (κ1) is 15.8. The number of nitrogens with one attached hydrogen (secondary N) is 2. The molecule has 0 unspecified atom stereocenters. The SMILES string of the molecule is CCC(CC)(NC(=O)NC1C(C)(C)C1(C)C)C(=O)O. The Bertz CT molecular complexity index is 370. The van der Waals surface area contributed by atoms with Crippen molar-refractivity contribution in [2.24, 2.45) is 10.8 Å². The summed E-state index contributed by atoms with van der Waals surface area (Å²) in [7, 11) is 0. The fourth-order valence-corrected chi connectivity index (χ4v) is 2.72. The van der Waals surface area contributed by atoms with E-state index in [1.807, 2.05) is 0 Å². The minimum absolute atomic E-state index is 0.0364. The molecule has 5 heteroatoms. The summed E-state index contributed by atoms with van der Waals surface area (Å²) in [5.74, 6) is -0.984. The van der Waals surface area contributed by atoms with Gasteiger partial charge in [0.1, 0.15) is 5.54 Å². The molecule has 5 nitrogen and oxygen atoms in total. The normalized spacial score (nSPS) is 20.7. The van der Waals surface area contributed by atoms with Crippen molar-refractivity contribution in [3.05, 3.63) is 0 Å². The smallest absolute Gasteiger partial charge is 0.329 e. The van der Waals surface area contributed by atoms with E-state index in [-0.39, 0.29) is 16.9 Å². The zero-order chi connectivity index (χ0) is 15.1. The van der Waals surface area contributed by atoms with Crippen LogP contribution in [0.2, 0.25) is 0 Å². The first-order valence-corrected chi connectivity index (χ1v) is 6.87. The summed E-state index contributed by atoms with van der Waals surface area (Å²) in [6.45, 7) is 11.9. The Balaban J connectivity index is 2.69. The number of urea groups is 1. The molecule has 2 amide bonds. The number of carbonyl (C=O) groups excluding carboxylic acids is 1. The average Bonchev–Trinajstić information content (AvgIpc) is 2.68. The molecule has 0 aromatic heterocycles. The van der Waals surface area contributed by atoms with Gasteiger partial charge in [-0.2, -0.15) is 0 Å². The average molecular weight is 270 g/mol. The molecular weight excluding hydrogens is 244 g/mol. The lowest BCUT2D eigenvalue weighted by Gasteiger charge is -2.28. The largest absolute Gasteiger partial charge is 0.480 e. The number of carboxylic acids is 1. The minimum Gasteiger partial charge on any atom is -0.480 e. The summed E-state index contributed by atoms with van der Waals surface area (Å²) in [6.07, 6.45) is 0.730. The Hall–Kier alpha value is -1.26. The number of carbonyl (C=O) groups is 2. The van der Waals surface area contributed by atoms with Gasteiger partial charge in [0, 0.05) is 6.04 Å². The fraction of sp³-hybridized carbons (Fsp3) is 0.857. The van der Waals surface area contributed by atoms with Gasteiger partial charge in [0.2, 0.25) is 0 Å². The number of hydrogen-bond acceptors (Lipinski definition) is 2. The molecule has 0 aliphatic heterocycles. The highest BCUT2D eigenvalue weighted by Gasteiger charge is 2.65. The van der Waals surface area contributed by atoms with E-state index < -0.39 is 17.5 Å². The third-order valence-electron chi connectivity index (χ3n) is 5.27. The van der Waals surface area contributed by atoms with Crippen molar-refractivity contribution in [3.8, 4) is 0 Å².